The van der Waals surface area contributed by atoms with Gasteiger partial charge in [0, 0.05) is 6.04 Å². The molecule has 1 N–H and O–H groups in total. The Labute approximate surface area is 179 Å². The van der Waals surface area contributed by atoms with Gasteiger partial charge in [0.1, 0.15) is 0 Å². The van der Waals surface area contributed by atoms with Crippen molar-refractivity contribution >= 4 is 5.91 Å². The summed E-state index contributed by atoms with van der Waals surface area (Å²) in [7, 11) is 0. The van der Waals surface area contributed by atoms with Gasteiger partial charge in [0.05, 0.1) is 5.41 Å². The van der Waals surface area contributed by atoms with Crippen LogP contribution in [0.15, 0.2) is 11.6 Å². The van der Waals surface area contributed by atoms with E-state index < -0.39 is 0 Å². The van der Waals surface area contributed by atoms with Crippen molar-refractivity contribution in [2.75, 3.05) is 0 Å². The van der Waals surface area contributed by atoms with Crippen LogP contribution in [0, 0.1) is 34.5 Å². The van der Waals surface area contributed by atoms with E-state index in [9.17, 15) is 4.79 Å². The third kappa shape index (κ3) is 3.94. The monoisotopic (exact) mass is 399 g/mol. The number of nitrogens with one attached hydrogen (secondary N) is 1. The maximum atomic E-state index is 13.7. The average molecular weight is 400 g/mol. The van der Waals surface area contributed by atoms with Gasteiger partial charge >= 0.3 is 0 Å². The molecule has 0 saturated heterocycles. The van der Waals surface area contributed by atoms with E-state index in [1.807, 2.05) is 0 Å². The van der Waals surface area contributed by atoms with Crippen LogP contribution in [0.25, 0.3) is 0 Å². The maximum absolute atomic E-state index is 13.7. The van der Waals surface area contributed by atoms with Gasteiger partial charge in [-0.2, -0.15) is 0 Å². The van der Waals surface area contributed by atoms with Crippen molar-refractivity contribution in [2.24, 2.45) is 34.5 Å². The minimum atomic E-state index is -0.184. The van der Waals surface area contributed by atoms with E-state index in [1.165, 1.54) is 70.6 Å². The molecule has 0 aromatic rings. The molecule has 0 bridgehead atoms. The summed E-state index contributed by atoms with van der Waals surface area (Å²) in [5.74, 6) is 3.28. The SMILES string of the molecule is CC(C)C1CC[C@H]2C(=CC[C@@H]3[C@]2(C)CCC[C@@]3(C)C(=O)NC2CCCCCC2)C1. The van der Waals surface area contributed by atoms with Crippen molar-refractivity contribution in [3.63, 3.8) is 0 Å². The smallest absolute Gasteiger partial charge is 0.226 e. The van der Waals surface area contributed by atoms with Crippen LogP contribution in [-0.4, -0.2) is 11.9 Å². The van der Waals surface area contributed by atoms with Crippen molar-refractivity contribution in [1.82, 2.24) is 5.32 Å². The molecule has 0 radical (unpaired) electrons. The predicted molar refractivity (Wildman–Crippen MR) is 122 cm³/mol. The molecule has 0 aromatic carbocycles. The Hall–Kier alpha value is -0.790. The minimum absolute atomic E-state index is 0.184. The predicted octanol–water partition coefficient (Wildman–Crippen LogP) is 7.04. The molecule has 0 aliphatic heterocycles. The molecule has 1 amide bonds. The first-order chi connectivity index (χ1) is 13.8. The molecular formula is C27H45NO. The molecule has 0 aromatic heterocycles. The highest BCUT2D eigenvalue weighted by molar-refractivity contribution is 5.83. The Balaban J connectivity index is 1.53. The lowest BCUT2D eigenvalue weighted by atomic mass is 9.46. The molecule has 29 heavy (non-hydrogen) atoms. The molecule has 2 nitrogen and oxygen atoms in total. The molecule has 3 fully saturated rings. The van der Waals surface area contributed by atoms with Crippen LogP contribution in [0.2, 0.25) is 0 Å². The van der Waals surface area contributed by atoms with Crippen molar-refractivity contribution in [3.8, 4) is 0 Å². The second-order valence-electron chi connectivity index (χ2n) is 11.8. The zero-order valence-electron chi connectivity index (χ0n) is 19.6. The van der Waals surface area contributed by atoms with Crippen molar-refractivity contribution in [2.45, 2.75) is 117 Å². The fourth-order valence-corrected chi connectivity index (χ4v) is 7.84. The van der Waals surface area contributed by atoms with E-state index in [2.05, 4.69) is 39.1 Å². The van der Waals surface area contributed by atoms with Crippen LogP contribution in [0.5, 0.6) is 0 Å². The number of carbonyl (C=O) groups is 1. The highest BCUT2D eigenvalue weighted by Gasteiger charge is 2.57. The second-order valence-corrected chi connectivity index (χ2v) is 11.8. The van der Waals surface area contributed by atoms with Gasteiger partial charge in [0.2, 0.25) is 5.91 Å². The highest BCUT2D eigenvalue weighted by atomic mass is 16.2. The van der Waals surface area contributed by atoms with E-state index in [0.29, 0.717) is 23.3 Å². The van der Waals surface area contributed by atoms with Gasteiger partial charge in [-0.15, -0.1) is 0 Å². The number of amides is 1. The normalized spacial score (nSPS) is 41.1. The number of carbonyl (C=O) groups excluding carboxylic acids is 1. The summed E-state index contributed by atoms with van der Waals surface area (Å²) >= 11 is 0. The molecule has 0 heterocycles. The van der Waals surface area contributed by atoms with Crippen molar-refractivity contribution < 1.29 is 4.79 Å². The van der Waals surface area contributed by atoms with E-state index >= 15 is 0 Å². The summed E-state index contributed by atoms with van der Waals surface area (Å²) in [5.41, 5.74) is 1.89. The number of rotatable bonds is 3. The number of fused-ring (bicyclic) bond motifs is 3. The third-order valence-electron chi connectivity index (χ3n) is 9.81. The quantitative estimate of drug-likeness (QED) is 0.400. The molecule has 0 spiro atoms. The Morgan fingerprint density at radius 3 is 2.41 bits per heavy atom. The van der Waals surface area contributed by atoms with E-state index in [-0.39, 0.29) is 5.41 Å². The van der Waals surface area contributed by atoms with Crippen LogP contribution >= 0.6 is 0 Å². The van der Waals surface area contributed by atoms with Crippen LogP contribution in [0.1, 0.15) is 111 Å². The molecule has 4 aliphatic carbocycles. The highest BCUT2D eigenvalue weighted by Crippen LogP contribution is 2.63. The number of hydrogen-bond donors (Lipinski definition) is 1. The molecule has 4 rings (SSSR count). The van der Waals surface area contributed by atoms with Crippen LogP contribution in [0.3, 0.4) is 0 Å². The fourth-order valence-electron chi connectivity index (χ4n) is 7.84. The van der Waals surface area contributed by atoms with Gasteiger partial charge in [-0.05, 0) is 80.5 Å². The Morgan fingerprint density at radius 2 is 1.72 bits per heavy atom. The lowest BCUT2D eigenvalue weighted by molar-refractivity contribution is -0.145. The average Bonchev–Trinajstić information content (AvgIpc) is 2.96. The third-order valence-corrected chi connectivity index (χ3v) is 9.81. The molecule has 5 atom stereocenters. The fraction of sp³-hybridized carbons (Fsp3) is 0.889. The molecule has 164 valence electrons. The van der Waals surface area contributed by atoms with Gasteiger partial charge < -0.3 is 5.32 Å². The maximum Gasteiger partial charge on any atom is 0.226 e. The molecule has 4 aliphatic rings. The van der Waals surface area contributed by atoms with Crippen LogP contribution in [-0.2, 0) is 4.79 Å². The van der Waals surface area contributed by atoms with Crippen LogP contribution in [0.4, 0.5) is 0 Å². The molecule has 1 unspecified atom stereocenters. The second kappa shape index (κ2) is 8.39. The summed E-state index contributed by atoms with van der Waals surface area (Å²) in [4.78, 5) is 13.7. The topological polar surface area (TPSA) is 29.1 Å². The lowest BCUT2D eigenvalue weighted by Gasteiger charge is -2.58. The van der Waals surface area contributed by atoms with Crippen molar-refractivity contribution in [1.29, 1.82) is 0 Å². The van der Waals surface area contributed by atoms with E-state index in [1.54, 1.807) is 5.57 Å². The zero-order valence-corrected chi connectivity index (χ0v) is 19.6. The van der Waals surface area contributed by atoms with Gasteiger partial charge in [-0.25, -0.2) is 0 Å². The lowest BCUT2D eigenvalue weighted by Crippen LogP contribution is -2.57. The zero-order chi connectivity index (χ0) is 20.6. The summed E-state index contributed by atoms with van der Waals surface area (Å²) in [6.45, 7) is 9.67. The van der Waals surface area contributed by atoms with Gasteiger partial charge in [0.25, 0.3) is 0 Å². The van der Waals surface area contributed by atoms with E-state index in [0.717, 1.165) is 30.6 Å². The summed E-state index contributed by atoms with van der Waals surface area (Å²) in [6.07, 6.45) is 19.0. The minimum Gasteiger partial charge on any atom is -0.353 e. The Kier molecular flexibility index (Phi) is 6.20. The molecule has 3 saturated carbocycles. The van der Waals surface area contributed by atoms with Gasteiger partial charge in [0.15, 0.2) is 0 Å². The van der Waals surface area contributed by atoms with Crippen molar-refractivity contribution in [3.05, 3.63) is 11.6 Å². The first-order valence-corrected chi connectivity index (χ1v) is 12.8. The van der Waals surface area contributed by atoms with Crippen LogP contribution < -0.4 is 5.32 Å². The number of allylic oxidation sites excluding steroid dienone is 2. The Morgan fingerprint density at radius 1 is 1.00 bits per heavy atom. The van der Waals surface area contributed by atoms with Gasteiger partial charge in [-0.3, -0.25) is 4.79 Å². The standard InChI is InChI=1S/C27H45NO/c1-19(2)20-12-14-23-21(18-20)13-15-24-26(23,3)16-9-17-27(24,4)25(29)28-22-10-7-5-6-8-11-22/h13,19-20,22-24H,5-12,14-18H2,1-4H3,(H,28,29)/t20?,23-,24+,26+,27+/m0/s1. The summed E-state index contributed by atoms with van der Waals surface area (Å²) in [5, 5.41) is 3.55. The first kappa shape index (κ1) is 21.4. The summed E-state index contributed by atoms with van der Waals surface area (Å²) < 4.78 is 0. The first-order valence-electron chi connectivity index (χ1n) is 12.8. The summed E-state index contributed by atoms with van der Waals surface area (Å²) in [6, 6.07) is 0.422. The molecule has 2 heteroatoms. The van der Waals surface area contributed by atoms with E-state index in [4.69, 9.17) is 0 Å². The molecular weight excluding hydrogens is 354 g/mol. The number of hydrogen-bond acceptors (Lipinski definition) is 1. The largest absolute Gasteiger partial charge is 0.353 e. The Bertz CT molecular complexity index is 628. The van der Waals surface area contributed by atoms with Gasteiger partial charge in [-0.1, -0.05) is 71.4 Å².